The second kappa shape index (κ2) is 20.1. The third-order valence-corrected chi connectivity index (χ3v) is 8.60. The third-order valence-electron chi connectivity index (χ3n) is 8.60. The van der Waals surface area contributed by atoms with E-state index in [1.54, 1.807) is 0 Å². The Morgan fingerprint density at radius 2 is 1.31 bits per heavy atom. The van der Waals surface area contributed by atoms with Crippen molar-refractivity contribution < 1.29 is 14.1 Å². The molecule has 0 spiro atoms. The van der Waals surface area contributed by atoms with Crippen LogP contribution in [0.3, 0.4) is 0 Å². The lowest BCUT2D eigenvalue weighted by Gasteiger charge is -2.31. The van der Waals surface area contributed by atoms with Crippen LogP contribution in [0.2, 0.25) is 0 Å². The van der Waals surface area contributed by atoms with E-state index in [2.05, 4.69) is 31.7 Å². The van der Waals surface area contributed by atoms with Gasteiger partial charge in [0.2, 0.25) is 5.91 Å². The van der Waals surface area contributed by atoms with Crippen LogP contribution in [-0.4, -0.2) is 55.6 Å². The zero-order chi connectivity index (χ0) is 28.2. The molecule has 222 valence electrons. The number of nitrogens with zero attached hydrogens (tertiary/aromatic N) is 1. The van der Waals surface area contributed by atoms with Gasteiger partial charge in [0.05, 0.1) is 20.6 Å². The van der Waals surface area contributed by atoms with Crippen LogP contribution in [0.1, 0.15) is 128 Å². The van der Waals surface area contributed by atoms with Crippen molar-refractivity contribution >= 4 is 11.8 Å². The largest absolute Gasteiger partial charge is 0.354 e. The highest BCUT2D eigenvalue weighted by Gasteiger charge is 2.40. The fraction of sp³-hybridized carbons (Fsp3) is 0.765. The molecule has 39 heavy (non-hydrogen) atoms. The van der Waals surface area contributed by atoms with E-state index in [0.29, 0.717) is 17.4 Å². The van der Waals surface area contributed by atoms with Gasteiger partial charge in [0.1, 0.15) is 6.04 Å². The maximum Gasteiger partial charge on any atom is 0.279 e. The highest BCUT2D eigenvalue weighted by atomic mass is 16.2. The summed E-state index contributed by atoms with van der Waals surface area (Å²) < 4.78 is 0.699. The van der Waals surface area contributed by atoms with Crippen molar-refractivity contribution in [3.8, 4) is 0 Å². The molecule has 1 saturated heterocycles. The van der Waals surface area contributed by atoms with E-state index >= 15 is 0 Å². The van der Waals surface area contributed by atoms with Gasteiger partial charge in [0.25, 0.3) is 5.91 Å². The molecular formula is C34H60N3O2+. The minimum atomic E-state index is -0.526. The summed E-state index contributed by atoms with van der Waals surface area (Å²) in [7, 11) is 4.22. The SMILES string of the molecule is CCCCCCCCCCCCCCCCCCNC(=O)[C@H](Cc1ccccc1)NC(=O)[C@@H]1CCC[N+]1(C)C. The molecule has 1 aromatic carbocycles. The van der Waals surface area contributed by atoms with Crippen molar-refractivity contribution in [2.45, 2.75) is 141 Å². The molecule has 1 fully saturated rings. The maximum absolute atomic E-state index is 13.1. The van der Waals surface area contributed by atoms with Crippen LogP contribution in [0.25, 0.3) is 0 Å². The first kappa shape index (κ1) is 33.3. The molecule has 5 nitrogen and oxygen atoms in total. The van der Waals surface area contributed by atoms with Gasteiger partial charge in [-0.3, -0.25) is 9.59 Å². The van der Waals surface area contributed by atoms with Crippen molar-refractivity contribution in [3.05, 3.63) is 35.9 Å². The van der Waals surface area contributed by atoms with E-state index < -0.39 is 6.04 Å². The predicted molar refractivity (Wildman–Crippen MR) is 165 cm³/mol. The van der Waals surface area contributed by atoms with E-state index in [1.165, 1.54) is 89.9 Å². The molecule has 1 aliphatic heterocycles. The van der Waals surface area contributed by atoms with E-state index in [-0.39, 0.29) is 17.9 Å². The number of hydrogen-bond donors (Lipinski definition) is 2. The molecule has 0 radical (unpaired) electrons. The van der Waals surface area contributed by atoms with Crippen molar-refractivity contribution in [1.29, 1.82) is 0 Å². The van der Waals surface area contributed by atoms with Gasteiger partial charge in [-0.15, -0.1) is 0 Å². The smallest absolute Gasteiger partial charge is 0.279 e. The molecular weight excluding hydrogens is 482 g/mol. The maximum atomic E-state index is 13.1. The molecule has 1 heterocycles. The number of amides is 2. The summed E-state index contributed by atoms with van der Waals surface area (Å²) >= 11 is 0. The van der Waals surface area contributed by atoms with Gasteiger partial charge < -0.3 is 15.1 Å². The fourth-order valence-electron chi connectivity index (χ4n) is 5.98. The quantitative estimate of drug-likeness (QED) is 0.119. The molecule has 2 atom stereocenters. The number of likely N-dealkylation sites (N-methyl/N-ethyl adjacent to an activating group) is 1. The summed E-state index contributed by atoms with van der Waals surface area (Å²) in [6.45, 7) is 3.97. The summed E-state index contributed by atoms with van der Waals surface area (Å²) in [5.74, 6) is -0.0487. The molecule has 0 aliphatic carbocycles. The van der Waals surface area contributed by atoms with Gasteiger partial charge in [-0.1, -0.05) is 134 Å². The number of quaternary nitrogens is 1. The molecule has 2 N–H and O–H groups in total. The molecule has 2 amide bonds. The third kappa shape index (κ3) is 14.4. The lowest BCUT2D eigenvalue weighted by atomic mass is 10.0. The Kier molecular flexibility index (Phi) is 17.1. The van der Waals surface area contributed by atoms with E-state index in [9.17, 15) is 9.59 Å². The first-order chi connectivity index (χ1) is 18.9. The van der Waals surface area contributed by atoms with Crippen LogP contribution < -0.4 is 10.6 Å². The molecule has 0 unspecified atom stereocenters. The number of nitrogens with one attached hydrogen (secondary N) is 2. The van der Waals surface area contributed by atoms with Crippen LogP contribution in [0.4, 0.5) is 0 Å². The minimum Gasteiger partial charge on any atom is -0.354 e. The van der Waals surface area contributed by atoms with Gasteiger partial charge >= 0.3 is 0 Å². The summed E-state index contributed by atoms with van der Waals surface area (Å²) in [6.07, 6.45) is 24.0. The zero-order valence-electron chi connectivity index (χ0n) is 25.7. The Morgan fingerprint density at radius 1 is 0.795 bits per heavy atom. The number of carbonyl (C=O) groups is 2. The van der Waals surface area contributed by atoms with Gasteiger partial charge in [0, 0.05) is 25.8 Å². The predicted octanol–water partition coefficient (Wildman–Crippen LogP) is 7.33. The Labute approximate surface area is 240 Å². The molecule has 0 bridgehead atoms. The standard InChI is InChI=1S/C34H59N3O2/c1-4-5-6-7-8-9-10-11-12-13-14-15-16-17-18-22-27-35-33(38)31(29-30-24-20-19-21-25-30)36-34(39)32-26-23-28-37(32,2)3/h19-21,24-25,31-32H,4-18,22-23,26-29H2,1-3H3,(H-,35,36,38,39)/p+1/t31-,32-/m0/s1. The summed E-state index contributed by atoms with van der Waals surface area (Å²) in [4.78, 5) is 26.2. The Hall–Kier alpha value is -1.88. The van der Waals surface area contributed by atoms with Crippen molar-refractivity contribution in [2.75, 3.05) is 27.2 Å². The summed E-state index contributed by atoms with van der Waals surface area (Å²) in [6, 6.07) is 9.40. The molecule has 0 saturated carbocycles. The van der Waals surface area contributed by atoms with E-state index in [4.69, 9.17) is 0 Å². The average molecular weight is 543 g/mol. The number of benzene rings is 1. The first-order valence-electron chi connectivity index (χ1n) is 16.4. The average Bonchev–Trinajstić information content (AvgIpc) is 3.29. The normalized spacial score (nSPS) is 17.2. The lowest BCUT2D eigenvalue weighted by molar-refractivity contribution is -0.893. The van der Waals surface area contributed by atoms with Crippen molar-refractivity contribution in [2.24, 2.45) is 0 Å². The zero-order valence-corrected chi connectivity index (χ0v) is 25.7. The lowest BCUT2D eigenvalue weighted by Crippen LogP contribution is -2.57. The van der Waals surface area contributed by atoms with E-state index in [1.807, 2.05) is 30.3 Å². The van der Waals surface area contributed by atoms with Crippen LogP contribution in [0.5, 0.6) is 0 Å². The number of unbranched alkanes of at least 4 members (excludes halogenated alkanes) is 15. The number of hydrogen-bond acceptors (Lipinski definition) is 2. The Morgan fingerprint density at radius 3 is 1.79 bits per heavy atom. The van der Waals surface area contributed by atoms with E-state index in [0.717, 1.165) is 37.8 Å². The topological polar surface area (TPSA) is 58.2 Å². The summed E-state index contributed by atoms with van der Waals surface area (Å²) in [5, 5.41) is 6.21. The highest BCUT2D eigenvalue weighted by molar-refractivity contribution is 5.89. The second-order valence-corrected chi connectivity index (χ2v) is 12.5. The number of likely N-dealkylation sites (tertiary alicyclic amines) is 1. The van der Waals surface area contributed by atoms with Crippen LogP contribution in [0.15, 0.2) is 30.3 Å². The van der Waals surface area contributed by atoms with Crippen LogP contribution in [0, 0.1) is 0 Å². The molecule has 1 aromatic rings. The molecule has 2 rings (SSSR count). The minimum absolute atomic E-state index is 0.0102. The van der Waals surface area contributed by atoms with Crippen LogP contribution >= 0.6 is 0 Å². The van der Waals surface area contributed by atoms with Gasteiger partial charge in [0.15, 0.2) is 6.04 Å². The van der Waals surface area contributed by atoms with Crippen molar-refractivity contribution in [3.63, 3.8) is 0 Å². The van der Waals surface area contributed by atoms with Crippen molar-refractivity contribution in [1.82, 2.24) is 10.6 Å². The van der Waals surface area contributed by atoms with Gasteiger partial charge in [-0.2, -0.15) is 0 Å². The van der Waals surface area contributed by atoms with Crippen LogP contribution in [-0.2, 0) is 16.0 Å². The molecule has 1 aliphatic rings. The van der Waals surface area contributed by atoms with Gasteiger partial charge in [-0.25, -0.2) is 0 Å². The fourth-order valence-corrected chi connectivity index (χ4v) is 5.98. The monoisotopic (exact) mass is 542 g/mol. The number of carbonyl (C=O) groups excluding carboxylic acids is 2. The van der Waals surface area contributed by atoms with Gasteiger partial charge in [-0.05, 0) is 12.0 Å². The molecule has 5 heteroatoms. The second-order valence-electron chi connectivity index (χ2n) is 12.5. The number of rotatable bonds is 22. The Bertz CT molecular complexity index is 780. The summed E-state index contributed by atoms with van der Waals surface area (Å²) in [5.41, 5.74) is 1.07. The molecule has 0 aromatic heterocycles. The Balaban J connectivity index is 1.55. The first-order valence-corrected chi connectivity index (χ1v) is 16.4. The highest BCUT2D eigenvalue weighted by Crippen LogP contribution is 2.22.